The number of halogens is 1. The smallest absolute Gasteiger partial charge is 0.221 e. The number of thioether (sulfide) groups is 1. The first kappa shape index (κ1) is 20.2. The van der Waals surface area contributed by atoms with Crippen molar-refractivity contribution in [2.45, 2.75) is 55.5 Å². The van der Waals surface area contributed by atoms with E-state index in [1.807, 2.05) is 18.2 Å². The summed E-state index contributed by atoms with van der Waals surface area (Å²) in [6.07, 6.45) is 5.46. The molecule has 0 aromatic heterocycles. The van der Waals surface area contributed by atoms with E-state index in [1.165, 1.54) is 0 Å². The van der Waals surface area contributed by atoms with E-state index in [1.54, 1.807) is 11.8 Å². The second-order valence-electron chi connectivity index (χ2n) is 6.44. The monoisotopic (exact) mass is 386 g/mol. The highest BCUT2D eigenvalue weighted by Crippen LogP contribution is 2.34. The summed E-state index contributed by atoms with van der Waals surface area (Å²) < 4.78 is 11.3. The van der Waals surface area contributed by atoms with Gasteiger partial charge in [0.2, 0.25) is 5.91 Å². The molecule has 140 valence electrons. The molecule has 1 fully saturated rings. The minimum Gasteiger partial charge on any atom is -0.490 e. The lowest BCUT2D eigenvalue weighted by atomic mass is 9.92. The molecule has 0 bridgehead atoms. The lowest BCUT2D eigenvalue weighted by molar-refractivity contribution is -0.121. The van der Waals surface area contributed by atoms with Gasteiger partial charge in [0.15, 0.2) is 11.5 Å². The van der Waals surface area contributed by atoms with Gasteiger partial charge in [0, 0.05) is 35.6 Å². The molecule has 5 nitrogen and oxygen atoms in total. The maximum atomic E-state index is 12.1. The molecule has 2 aliphatic rings. The van der Waals surface area contributed by atoms with Crippen molar-refractivity contribution in [2.75, 3.05) is 19.0 Å². The van der Waals surface area contributed by atoms with Crippen LogP contribution in [0.3, 0.4) is 0 Å². The van der Waals surface area contributed by atoms with Gasteiger partial charge in [-0.25, -0.2) is 0 Å². The molecule has 1 aromatic rings. The molecule has 0 radical (unpaired) electrons. The molecule has 1 heterocycles. The number of carbonyl (C=O) groups excluding carboxylic acids is 1. The van der Waals surface area contributed by atoms with Crippen LogP contribution in [-0.4, -0.2) is 37.0 Å². The number of fused-ring (bicyclic) bond motifs is 1. The predicted octanol–water partition coefficient (Wildman–Crippen LogP) is 3.14. The first-order valence-corrected chi connectivity index (χ1v) is 9.76. The molecular weight excluding hydrogens is 360 g/mol. The van der Waals surface area contributed by atoms with Crippen LogP contribution in [0.15, 0.2) is 23.1 Å². The van der Waals surface area contributed by atoms with Crippen molar-refractivity contribution >= 4 is 30.1 Å². The normalized spacial score (nSPS) is 22.4. The molecular formula is C18H27ClN2O3S. The summed E-state index contributed by atoms with van der Waals surface area (Å²) in [6, 6.07) is 6.60. The second kappa shape index (κ2) is 10.1. The zero-order valence-electron chi connectivity index (χ0n) is 14.4. The van der Waals surface area contributed by atoms with E-state index < -0.39 is 0 Å². The number of amides is 1. The van der Waals surface area contributed by atoms with Crippen molar-refractivity contribution < 1.29 is 14.3 Å². The van der Waals surface area contributed by atoms with E-state index in [0.29, 0.717) is 31.7 Å². The van der Waals surface area contributed by atoms with Gasteiger partial charge >= 0.3 is 0 Å². The summed E-state index contributed by atoms with van der Waals surface area (Å²) in [5.41, 5.74) is 5.90. The molecule has 0 spiro atoms. The van der Waals surface area contributed by atoms with Gasteiger partial charge in [-0.05, 0) is 43.9 Å². The highest BCUT2D eigenvalue weighted by molar-refractivity contribution is 7.99. The molecule has 3 N–H and O–H groups in total. The fourth-order valence-electron chi connectivity index (χ4n) is 3.06. The second-order valence-corrected chi connectivity index (χ2v) is 7.61. The summed E-state index contributed by atoms with van der Waals surface area (Å²) in [5, 5.41) is 3.13. The van der Waals surface area contributed by atoms with Crippen LogP contribution in [0.1, 0.15) is 38.5 Å². The molecule has 1 amide bonds. The van der Waals surface area contributed by atoms with Gasteiger partial charge in [-0.2, -0.15) is 0 Å². The maximum absolute atomic E-state index is 12.1. The van der Waals surface area contributed by atoms with E-state index in [2.05, 4.69) is 5.32 Å². The maximum Gasteiger partial charge on any atom is 0.221 e. The van der Waals surface area contributed by atoms with Gasteiger partial charge in [-0.15, -0.1) is 24.2 Å². The number of ether oxygens (including phenoxy) is 2. The average molecular weight is 387 g/mol. The zero-order valence-corrected chi connectivity index (χ0v) is 16.0. The molecule has 1 aliphatic heterocycles. The Labute approximate surface area is 159 Å². The summed E-state index contributed by atoms with van der Waals surface area (Å²) in [7, 11) is 0. The lowest BCUT2D eigenvalue weighted by Gasteiger charge is -2.26. The zero-order chi connectivity index (χ0) is 16.8. The van der Waals surface area contributed by atoms with Crippen molar-refractivity contribution in [1.82, 2.24) is 5.32 Å². The third-order valence-corrected chi connectivity index (χ3v) is 5.45. The molecule has 0 saturated heterocycles. The Balaban J connectivity index is 0.00000225. The van der Waals surface area contributed by atoms with Crippen LogP contribution < -0.4 is 20.5 Å². The van der Waals surface area contributed by atoms with Crippen LogP contribution >= 0.6 is 24.2 Å². The van der Waals surface area contributed by atoms with Gasteiger partial charge in [0.05, 0.1) is 13.2 Å². The number of benzene rings is 1. The molecule has 0 atom stereocenters. The van der Waals surface area contributed by atoms with Crippen LogP contribution in [0.2, 0.25) is 0 Å². The summed E-state index contributed by atoms with van der Waals surface area (Å²) in [5.74, 6) is 2.51. The van der Waals surface area contributed by atoms with E-state index in [-0.39, 0.29) is 18.3 Å². The predicted molar refractivity (Wildman–Crippen MR) is 103 cm³/mol. The Hall–Kier alpha value is -1.11. The first-order chi connectivity index (χ1) is 11.7. The van der Waals surface area contributed by atoms with E-state index >= 15 is 0 Å². The number of hydrogen-bond donors (Lipinski definition) is 2. The first-order valence-electron chi connectivity index (χ1n) is 8.78. The third kappa shape index (κ3) is 6.28. The Morgan fingerprint density at radius 2 is 1.88 bits per heavy atom. The Morgan fingerprint density at radius 3 is 2.64 bits per heavy atom. The lowest BCUT2D eigenvalue weighted by Crippen LogP contribution is -2.40. The molecule has 7 heteroatoms. The molecule has 0 unspecified atom stereocenters. The van der Waals surface area contributed by atoms with E-state index in [9.17, 15) is 4.79 Å². The number of carbonyl (C=O) groups is 1. The van der Waals surface area contributed by atoms with Crippen molar-refractivity contribution in [3.63, 3.8) is 0 Å². The molecule has 1 saturated carbocycles. The summed E-state index contributed by atoms with van der Waals surface area (Å²) >= 11 is 1.67. The highest BCUT2D eigenvalue weighted by atomic mass is 35.5. The molecule has 3 rings (SSSR count). The number of nitrogens with two attached hydrogens (primary N) is 1. The minimum atomic E-state index is 0. The number of nitrogens with one attached hydrogen (secondary N) is 1. The van der Waals surface area contributed by atoms with Gasteiger partial charge < -0.3 is 20.5 Å². The Morgan fingerprint density at radius 1 is 1.16 bits per heavy atom. The number of hydrogen-bond acceptors (Lipinski definition) is 5. The van der Waals surface area contributed by atoms with Gasteiger partial charge in [0.25, 0.3) is 0 Å². The van der Waals surface area contributed by atoms with Crippen LogP contribution in [-0.2, 0) is 4.79 Å². The van der Waals surface area contributed by atoms with Gasteiger partial charge in [0.1, 0.15) is 0 Å². The van der Waals surface area contributed by atoms with E-state index in [0.717, 1.165) is 54.3 Å². The molecule has 1 aromatic carbocycles. The largest absolute Gasteiger partial charge is 0.490 e. The Kier molecular flexibility index (Phi) is 8.19. The van der Waals surface area contributed by atoms with Crippen molar-refractivity contribution in [3.05, 3.63) is 18.2 Å². The number of rotatable bonds is 5. The van der Waals surface area contributed by atoms with Crippen molar-refractivity contribution in [3.8, 4) is 11.5 Å². The average Bonchev–Trinajstić information content (AvgIpc) is 2.82. The summed E-state index contributed by atoms with van der Waals surface area (Å²) in [6.45, 7) is 1.39. The van der Waals surface area contributed by atoms with Crippen LogP contribution in [0, 0.1) is 0 Å². The van der Waals surface area contributed by atoms with Gasteiger partial charge in [-0.1, -0.05) is 0 Å². The minimum absolute atomic E-state index is 0. The SMILES string of the molecule is Cl.NC1CCC(NC(=O)CCSc2ccc3c(c2)OCCCO3)CC1. The molecule has 1 aliphatic carbocycles. The Bertz CT molecular complexity index is 565. The van der Waals surface area contributed by atoms with Gasteiger partial charge in [-0.3, -0.25) is 4.79 Å². The quantitative estimate of drug-likeness (QED) is 0.760. The fourth-order valence-corrected chi connectivity index (χ4v) is 3.94. The molecule has 25 heavy (non-hydrogen) atoms. The highest BCUT2D eigenvalue weighted by Gasteiger charge is 2.19. The third-order valence-electron chi connectivity index (χ3n) is 4.45. The van der Waals surface area contributed by atoms with Crippen molar-refractivity contribution in [2.24, 2.45) is 5.73 Å². The topological polar surface area (TPSA) is 73.6 Å². The van der Waals surface area contributed by atoms with Crippen molar-refractivity contribution in [1.29, 1.82) is 0 Å². The van der Waals surface area contributed by atoms with E-state index in [4.69, 9.17) is 15.2 Å². The van der Waals surface area contributed by atoms with Crippen LogP contribution in [0.4, 0.5) is 0 Å². The van der Waals surface area contributed by atoms with Crippen LogP contribution in [0.5, 0.6) is 11.5 Å². The summed E-state index contributed by atoms with van der Waals surface area (Å²) in [4.78, 5) is 13.2. The standard InChI is InChI=1S/C18H26N2O3S.ClH/c19-13-2-4-14(5-3-13)20-18(21)8-11-24-15-6-7-16-17(12-15)23-10-1-9-22-16;/h6-7,12-14H,1-5,8-11,19H2,(H,20,21);1H. The fraction of sp³-hybridized carbons (Fsp3) is 0.611. The van der Waals surface area contributed by atoms with Crippen LogP contribution in [0.25, 0.3) is 0 Å².